The number of aliphatic hydroxyl groups is 1. The van der Waals surface area contributed by atoms with Gasteiger partial charge in [0.2, 0.25) is 5.95 Å². The summed E-state index contributed by atoms with van der Waals surface area (Å²) in [6.07, 6.45) is 0.887. The summed E-state index contributed by atoms with van der Waals surface area (Å²) in [6, 6.07) is 1.80. The molecule has 2 rings (SSSR count). The van der Waals surface area contributed by atoms with Crippen molar-refractivity contribution in [2.75, 3.05) is 50.2 Å². The Morgan fingerprint density at radius 2 is 2.38 bits per heavy atom. The van der Waals surface area contributed by atoms with Gasteiger partial charge in [-0.2, -0.15) is 4.98 Å². The van der Waals surface area contributed by atoms with E-state index in [0.717, 1.165) is 12.1 Å². The number of nitrogens with one attached hydrogen (secondary N) is 1. The Morgan fingerprint density at radius 3 is 3.00 bits per heavy atom. The molecule has 1 saturated heterocycles. The molecule has 1 aromatic rings. The van der Waals surface area contributed by atoms with Crippen LogP contribution in [0.1, 0.15) is 18.0 Å². The molecule has 21 heavy (non-hydrogen) atoms. The Hall–Kier alpha value is -1.93. The lowest BCUT2D eigenvalue weighted by atomic mass is 10.0. The van der Waals surface area contributed by atoms with Crippen LogP contribution in [-0.2, 0) is 9.53 Å². The van der Waals surface area contributed by atoms with E-state index in [9.17, 15) is 4.79 Å². The zero-order chi connectivity index (χ0) is 15.2. The second-order valence-corrected chi connectivity index (χ2v) is 4.94. The molecule has 1 aliphatic rings. The lowest BCUT2D eigenvalue weighted by molar-refractivity contribution is -0.135. The van der Waals surface area contributed by atoms with Crippen LogP contribution in [0.5, 0.6) is 0 Å². The number of hydrogen-bond acceptors (Lipinski definition) is 7. The van der Waals surface area contributed by atoms with Gasteiger partial charge in [-0.25, -0.2) is 4.98 Å². The van der Waals surface area contributed by atoms with Crippen LogP contribution in [-0.4, -0.2) is 66.1 Å². The molecule has 8 nitrogen and oxygen atoms in total. The maximum absolute atomic E-state index is 10.8. The van der Waals surface area contributed by atoms with Gasteiger partial charge >= 0.3 is 5.97 Å². The number of rotatable bonds is 7. The van der Waals surface area contributed by atoms with E-state index < -0.39 is 5.97 Å². The van der Waals surface area contributed by atoms with Crippen LogP contribution in [0.4, 0.5) is 11.8 Å². The maximum Gasteiger partial charge on any atom is 0.323 e. The van der Waals surface area contributed by atoms with Gasteiger partial charge in [0.1, 0.15) is 12.4 Å². The first-order valence-electron chi connectivity index (χ1n) is 6.84. The summed E-state index contributed by atoms with van der Waals surface area (Å²) < 4.78 is 5.37. The van der Waals surface area contributed by atoms with Crippen molar-refractivity contribution in [1.29, 1.82) is 0 Å². The molecule has 3 N–H and O–H groups in total. The van der Waals surface area contributed by atoms with Crippen LogP contribution in [0, 0.1) is 0 Å². The molecule has 116 valence electrons. The van der Waals surface area contributed by atoms with E-state index in [1.165, 1.54) is 0 Å². The molecular weight excluding hydrogens is 276 g/mol. The van der Waals surface area contributed by atoms with Gasteiger partial charge in [0.05, 0.1) is 18.9 Å². The van der Waals surface area contributed by atoms with Gasteiger partial charge < -0.3 is 25.2 Å². The largest absolute Gasteiger partial charge is 0.480 e. The number of aromatic nitrogens is 2. The molecule has 0 saturated carbocycles. The fraction of sp³-hybridized carbons (Fsp3) is 0.615. The molecule has 2 heterocycles. The van der Waals surface area contributed by atoms with Crippen LogP contribution >= 0.6 is 0 Å². The third kappa shape index (κ3) is 4.27. The number of nitrogens with zero attached hydrogens (tertiary/aromatic N) is 3. The molecule has 1 aliphatic heterocycles. The lowest BCUT2D eigenvalue weighted by Crippen LogP contribution is -2.27. The Bertz CT molecular complexity index is 491. The summed E-state index contributed by atoms with van der Waals surface area (Å²) in [5, 5.41) is 20.7. The van der Waals surface area contributed by atoms with Crippen molar-refractivity contribution in [2.24, 2.45) is 0 Å². The number of anilines is 2. The summed E-state index contributed by atoms with van der Waals surface area (Å²) in [6.45, 7) is 1.48. The quantitative estimate of drug-likeness (QED) is 0.640. The van der Waals surface area contributed by atoms with Crippen LogP contribution in [0.3, 0.4) is 0 Å². The molecule has 1 atom stereocenters. The van der Waals surface area contributed by atoms with Gasteiger partial charge in [0, 0.05) is 32.2 Å². The van der Waals surface area contributed by atoms with E-state index in [1.54, 1.807) is 18.0 Å². The monoisotopic (exact) mass is 296 g/mol. The van der Waals surface area contributed by atoms with Gasteiger partial charge in [-0.05, 0) is 6.42 Å². The van der Waals surface area contributed by atoms with Crippen LogP contribution < -0.4 is 10.2 Å². The zero-order valence-electron chi connectivity index (χ0n) is 11.9. The topological polar surface area (TPSA) is 108 Å². The van der Waals surface area contributed by atoms with Gasteiger partial charge in [-0.15, -0.1) is 0 Å². The van der Waals surface area contributed by atoms with E-state index >= 15 is 0 Å². The van der Waals surface area contributed by atoms with Crippen molar-refractivity contribution in [1.82, 2.24) is 9.97 Å². The van der Waals surface area contributed by atoms with Crippen molar-refractivity contribution in [2.45, 2.75) is 12.3 Å². The molecule has 1 aromatic heterocycles. The number of likely N-dealkylation sites (N-methyl/N-ethyl adjacent to an activating group) is 1. The molecule has 8 heteroatoms. The molecule has 0 aliphatic carbocycles. The number of aliphatic hydroxyl groups excluding tert-OH is 1. The minimum Gasteiger partial charge on any atom is -0.480 e. The molecule has 0 spiro atoms. The highest BCUT2D eigenvalue weighted by molar-refractivity contribution is 5.73. The summed E-state index contributed by atoms with van der Waals surface area (Å²) >= 11 is 0. The third-order valence-electron chi connectivity index (χ3n) is 3.24. The Morgan fingerprint density at radius 1 is 1.57 bits per heavy atom. The third-order valence-corrected chi connectivity index (χ3v) is 3.24. The number of carboxylic acids is 1. The highest BCUT2D eigenvalue weighted by Crippen LogP contribution is 2.26. The number of hydrogen-bond donors (Lipinski definition) is 3. The average molecular weight is 296 g/mol. The Labute approximate surface area is 122 Å². The standard InChI is InChI=1S/C13H20N4O4/c1-17(7-12(19)20)11-6-10(9-2-5-21-8-9)15-13(16-11)14-3-4-18/h6,9,18H,2-5,7-8H2,1H3,(H,19,20)(H,14,15,16)/t9-/m1/s1. The fourth-order valence-corrected chi connectivity index (χ4v) is 2.16. The molecular formula is C13H20N4O4. The van der Waals surface area contributed by atoms with Gasteiger partial charge in [0.25, 0.3) is 0 Å². The summed E-state index contributed by atoms with van der Waals surface area (Å²) in [5.74, 6) is 0.196. The highest BCUT2D eigenvalue weighted by Gasteiger charge is 2.21. The second-order valence-electron chi connectivity index (χ2n) is 4.94. The molecule has 0 aromatic carbocycles. The molecule has 0 radical (unpaired) electrons. The van der Waals surface area contributed by atoms with E-state index in [4.69, 9.17) is 14.9 Å². The van der Waals surface area contributed by atoms with Crippen molar-refractivity contribution in [3.63, 3.8) is 0 Å². The highest BCUT2D eigenvalue weighted by atomic mass is 16.5. The predicted molar refractivity (Wildman–Crippen MR) is 76.7 cm³/mol. The van der Waals surface area contributed by atoms with Crippen molar-refractivity contribution in [3.8, 4) is 0 Å². The maximum atomic E-state index is 10.8. The zero-order valence-corrected chi connectivity index (χ0v) is 11.9. The van der Waals surface area contributed by atoms with Crippen molar-refractivity contribution in [3.05, 3.63) is 11.8 Å². The first-order valence-corrected chi connectivity index (χ1v) is 6.84. The summed E-state index contributed by atoms with van der Waals surface area (Å²) in [4.78, 5) is 21.1. The lowest BCUT2D eigenvalue weighted by Gasteiger charge is -2.19. The van der Waals surface area contributed by atoms with E-state index in [-0.39, 0.29) is 19.1 Å². The summed E-state index contributed by atoms with van der Waals surface area (Å²) in [7, 11) is 1.67. The SMILES string of the molecule is CN(CC(=O)O)c1cc([C@@H]2CCOC2)nc(NCCO)n1. The fourth-order valence-electron chi connectivity index (χ4n) is 2.16. The van der Waals surface area contributed by atoms with Crippen LogP contribution in [0.15, 0.2) is 6.07 Å². The normalized spacial score (nSPS) is 17.7. The van der Waals surface area contributed by atoms with Crippen molar-refractivity contribution < 1.29 is 19.7 Å². The smallest absolute Gasteiger partial charge is 0.323 e. The first-order chi connectivity index (χ1) is 10.1. The predicted octanol–water partition coefficient (Wildman–Crippen LogP) is -0.0945. The number of ether oxygens (including phenoxy) is 1. The molecule has 0 unspecified atom stereocenters. The van der Waals surface area contributed by atoms with Gasteiger partial charge in [-0.1, -0.05) is 0 Å². The number of aliphatic carboxylic acids is 1. The number of carboxylic acid groups (broad SMARTS) is 1. The molecule has 1 fully saturated rings. The minimum absolute atomic E-state index is 0.0274. The Balaban J connectivity index is 2.24. The van der Waals surface area contributed by atoms with E-state index in [0.29, 0.717) is 31.5 Å². The van der Waals surface area contributed by atoms with Crippen LogP contribution in [0.25, 0.3) is 0 Å². The molecule has 0 bridgehead atoms. The van der Waals surface area contributed by atoms with Gasteiger partial charge in [-0.3, -0.25) is 4.79 Å². The van der Waals surface area contributed by atoms with Crippen LogP contribution in [0.2, 0.25) is 0 Å². The summed E-state index contributed by atoms with van der Waals surface area (Å²) in [5.41, 5.74) is 0.829. The van der Waals surface area contributed by atoms with Gasteiger partial charge in [0.15, 0.2) is 0 Å². The number of carbonyl (C=O) groups is 1. The van der Waals surface area contributed by atoms with Crippen molar-refractivity contribution >= 4 is 17.7 Å². The molecule has 0 amide bonds. The van der Waals surface area contributed by atoms with E-state index in [2.05, 4.69) is 15.3 Å². The second kappa shape index (κ2) is 7.19. The first kappa shape index (κ1) is 15.5. The average Bonchev–Trinajstić information content (AvgIpc) is 2.98. The van der Waals surface area contributed by atoms with E-state index in [1.807, 2.05) is 0 Å². The Kier molecular flexibility index (Phi) is 5.29. The minimum atomic E-state index is -0.924.